The highest BCUT2D eigenvalue weighted by atomic mass is 16.6. The van der Waals surface area contributed by atoms with Crippen LogP contribution in [0.4, 0.5) is 5.69 Å². The molecular formula is C19H19N3O6. The van der Waals surface area contributed by atoms with Gasteiger partial charge >= 0.3 is 0 Å². The van der Waals surface area contributed by atoms with E-state index in [0.717, 1.165) is 5.56 Å². The smallest absolute Gasteiger partial charge is 0.278 e. The van der Waals surface area contributed by atoms with Crippen LogP contribution < -0.4 is 14.8 Å². The fourth-order valence-corrected chi connectivity index (χ4v) is 2.65. The first kappa shape index (κ1) is 19.2. The Hall–Kier alpha value is -3.62. The maximum Gasteiger partial charge on any atom is 0.278 e. The summed E-state index contributed by atoms with van der Waals surface area (Å²) >= 11 is 0. The van der Waals surface area contributed by atoms with Crippen molar-refractivity contribution < 1.29 is 24.0 Å². The molecule has 0 fully saturated rings. The predicted molar refractivity (Wildman–Crippen MR) is 101 cm³/mol. The second kappa shape index (κ2) is 8.85. The van der Waals surface area contributed by atoms with E-state index in [-0.39, 0.29) is 29.8 Å². The number of benzene rings is 2. The summed E-state index contributed by atoms with van der Waals surface area (Å²) in [5.41, 5.74) is 1.06. The van der Waals surface area contributed by atoms with Crippen molar-refractivity contribution in [2.75, 3.05) is 19.8 Å². The van der Waals surface area contributed by atoms with Gasteiger partial charge in [0.15, 0.2) is 18.1 Å². The second-order valence-electron chi connectivity index (χ2n) is 6.02. The summed E-state index contributed by atoms with van der Waals surface area (Å²) in [6.07, 6.45) is 1.20. The van der Waals surface area contributed by atoms with Gasteiger partial charge in [-0.15, -0.1) is 0 Å². The van der Waals surface area contributed by atoms with Crippen LogP contribution in [-0.2, 0) is 9.63 Å². The average Bonchev–Trinajstić information content (AvgIpc) is 2.71. The van der Waals surface area contributed by atoms with Crippen molar-refractivity contribution in [1.29, 1.82) is 0 Å². The third-order valence-electron chi connectivity index (χ3n) is 4.04. The maximum absolute atomic E-state index is 12.0. The summed E-state index contributed by atoms with van der Waals surface area (Å²) in [4.78, 5) is 27.4. The molecule has 28 heavy (non-hydrogen) atoms. The molecule has 9 heteroatoms. The molecule has 2 aromatic rings. The van der Waals surface area contributed by atoms with E-state index in [1.807, 2.05) is 19.1 Å². The van der Waals surface area contributed by atoms with Crippen molar-refractivity contribution in [1.82, 2.24) is 5.32 Å². The van der Waals surface area contributed by atoms with E-state index in [1.165, 1.54) is 18.3 Å². The molecule has 1 aliphatic rings. The minimum Gasteiger partial charge on any atom is -0.486 e. The fourth-order valence-electron chi connectivity index (χ4n) is 2.65. The van der Waals surface area contributed by atoms with E-state index >= 15 is 0 Å². The molecule has 1 N–H and O–H groups in total. The molecule has 0 radical (unpaired) electrons. The third-order valence-corrected chi connectivity index (χ3v) is 4.04. The van der Waals surface area contributed by atoms with E-state index < -0.39 is 4.92 Å². The fraction of sp³-hybridized carbons (Fsp3) is 0.263. The number of fused-ring (bicyclic) bond motifs is 1. The first-order valence-corrected chi connectivity index (χ1v) is 8.62. The van der Waals surface area contributed by atoms with Gasteiger partial charge in [0.2, 0.25) is 0 Å². The van der Waals surface area contributed by atoms with Gasteiger partial charge in [-0.3, -0.25) is 14.9 Å². The normalized spacial score (nSPS) is 13.8. The third kappa shape index (κ3) is 4.76. The SMILES string of the molecule is CC(NC(=O)CO/N=C/c1ccccc1[N+](=O)[O-])c1ccc2c(c1)OCCO2. The quantitative estimate of drug-likeness (QED) is 0.445. The maximum atomic E-state index is 12.0. The number of hydrogen-bond donors (Lipinski definition) is 1. The van der Waals surface area contributed by atoms with Crippen molar-refractivity contribution >= 4 is 17.8 Å². The van der Waals surface area contributed by atoms with Crippen molar-refractivity contribution in [2.24, 2.45) is 5.16 Å². The lowest BCUT2D eigenvalue weighted by Gasteiger charge is -2.21. The molecule has 2 aromatic carbocycles. The van der Waals surface area contributed by atoms with Crippen LogP contribution in [-0.4, -0.2) is 36.9 Å². The molecule has 0 saturated carbocycles. The first-order chi connectivity index (χ1) is 13.5. The Morgan fingerprint density at radius 3 is 2.82 bits per heavy atom. The standard InChI is InChI=1S/C19H19N3O6/c1-13(14-6-7-17-18(10-14)27-9-8-26-17)21-19(23)12-28-20-11-15-4-2-3-5-16(15)22(24)25/h2-7,10-11,13H,8-9,12H2,1H3,(H,21,23)/b20-11+. The number of carbonyl (C=O) groups excluding carboxylic acids is 1. The molecule has 1 unspecified atom stereocenters. The van der Waals surface area contributed by atoms with Crippen LogP contribution in [0.25, 0.3) is 0 Å². The minimum atomic E-state index is -0.511. The van der Waals surface area contributed by atoms with Gasteiger partial charge in [-0.2, -0.15) is 0 Å². The van der Waals surface area contributed by atoms with E-state index in [2.05, 4.69) is 10.5 Å². The summed E-state index contributed by atoms with van der Waals surface area (Å²) in [7, 11) is 0. The molecule has 1 aliphatic heterocycles. The predicted octanol–water partition coefficient (Wildman–Crippen LogP) is 2.59. The number of rotatable bonds is 7. The number of carbonyl (C=O) groups is 1. The number of nitro groups is 1. The largest absolute Gasteiger partial charge is 0.486 e. The minimum absolute atomic E-state index is 0.0912. The van der Waals surface area contributed by atoms with Gasteiger partial charge in [0.25, 0.3) is 11.6 Å². The monoisotopic (exact) mass is 385 g/mol. The van der Waals surface area contributed by atoms with Gasteiger partial charge in [0.1, 0.15) is 13.2 Å². The summed E-state index contributed by atoms with van der Waals surface area (Å²) < 4.78 is 11.0. The molecule has 0 bridgehead atoms. The number of amides is 1. The number of nitrogens with zero attached hydrogens (tertiary/aromatic N) is 2. The molecular weight excluding hydrogens is 366 g/mol. The lowest BCUT2D eigenvalue weighted by Crippen LogP contribution is -2.29. The van der Waals surface area contributed by atoms with Gasteiger partial charge in [0, 0.05) is 6.07 Å². The lowest BCUT2D eigenvalue weighted by molar-refractivity contribution is -0.385. The van der Waals surface area contributed by atoms with E-state index in [1.54, 1.807) is 18.2 Å². The van der Waals surface area contributed by atoms with Gasteiger partial charge < -0.3 is 19.6 Å². The highest BCUT2D eigenvalue weighted by molar-refractivity contribution is 5.85. The van der Waals surface area contributed by atoms with Crippen LogP contribution in [0.15, 0.2) is 47.6 Å². The van der Waals surface area contributed by atoms with Crippen LogP contribution in [0.3, 0.4) is 0 Å². The van der Waals surface area contributed by atoms with Crippen LogP contribution in [0, 0.1) is 10.1 Å². The van der Waals surface area contributed by atoms with Crippen molar-refractivity contribution in [3.63, 3.8) is 0 Å². The summed E-state index contributed by atoms with van der Waals surface area (Å²) in [5.74, 6) is 0.957. The Balaban J connectivity index is 1.51. The van der Waals surface area contributed by atoms with Crippen LogP contribution in [0.2, 0.25) is 0 Å². The lowest BCUT2D eigenvalue weighted by atomic mass is 10.1. The Labute approximate surface area is 161 Å². The number of ether oxygens (including phenoxy) is 2. The molecule has 1 heterocycles. The topological polar surface area (TPSA) is 112 Å². The molecule has 0 spiro atoms. The zero-order chi connectivity index (χ0) is 19.9. The molecule has 3 rings (SSSR count). The van der Waals surface area contributed by atoms with Gasteiger partial charge in [0.05, 0.1) is 22.7 Å². The Morgan fingerprint density at radius 1 is 1.29 bits per heavy atom. The Bertz CT molecular complexity index is 899. The van der Waals surface area contributed by atoms with E-state index in [9.17, 15) is 14.9 Å². The van der Waals surface area contributed by atoms with Crippen molar-refractivity contribution in [3.05, 3.63) is 63.7 Å². The van der Waals surface area contributed by atoms with E-state index in [4.69, 9.17) is 14.3 Å². The molecule has 9 nitrogen and oxygen atoms in total. The summed E-state index contributed by atoms with van der Waals surface area (Å²) in [6.45, 7) is 2.52. The average molecular weight is 385 g/mol. The highest BCUT2D eigenvalue weighted by Gasteiger charge is 2.16. The molecule has 0 saturated heterocycles. The second-order valence-corrected chi connectivity index (χ2v) is 6.02. The number of oxime groups is 1. The zero-order valence-corrected chi connectivity index (χ0v) is 15.2. The number of para-hydroxylation sites is 1. The molecule has 0 aliphatic carbocycles. The Morgan fingerprint density at radius 2 is 2.04 bits per heavy atom. The number of nitrogens with one attached hydrogen (secondary N) is 1. The van der Waals surface area contributed by atoms with Gasteiger partial charge in [-0.25, -0.2) is 0 Å². The van der Waals surface area contributed by atoms with E-state index in [0.29, 0.717) is 24.7 Å². The van der Waals surface area contributed by atoms with Crippen LogP contribution in [0.5, 0.6) is 11.5 Å². The van der Waals surface area contributed by atoms with Crippen LogP contribution >= 0.6 is 0 Å². The van der Waals surface area contributed by atoms with Gasteiger partial charge in [-0.1, -0.05) is 23.4 Å². The molecule has 1 atom stereocenters. The van der Waals surface area contributed by atoms with Crippen molar-refractivity contribution in [3.8, 4) is 11.5 Å². The molecule has 146 valence electrons. The number of nitro benzene ring substituents is 1. The Kier molecular flexibility index (Phi) is 6.05. The summed E-state index contributed by atoms with van der Waals surface area (Å²) in [6, 6.07) is 11.3. The zero-order valence-electron chi connectivity index (χ0n) is 15.2. The molecule has 0 aromatic heterocycles. The van der Waals surface area contributed by atoms with Gasteiger partial charge in [-0.05, 0) is 30.7 Å². The van der Waals surface area contributed by atoms with Crippen molar-refractivity contribution in [2.45, 2.75) is 13.0 Å². The molecule has 1 amide bonds. The number of hydrogen-bond acceptors (Lipinski definition) is 7. The summed E-state index contributed by atoms with van der Waals surface area (Å²) in [5, 5.41) is 17.4. The highest BCUT2D eigenvalue weighted by Crippen LogP contribution is 2.32. The first-order valence-electron chi connectivity index (χ1n) is 8.62. The van der Waals surface area contributed by atoms with Crippen LogP contribution in [0.1, 0.15) is 24.1 Å².